The Hall–Kier alpha value is -2.63. The van der Waals surface area contributed by atoms with Crippen LogP contribution in [-0.4, -0.2) is 32.4 Å². The van der Waals surface area contributed by atoms with E-state index in [9.17, 15) is 4.79 Å². The lowest BCUT2D eigenvalue weighted by Crippen LogP contribution is -2.18. The van der Waals surface area contributed by atoms with E-state index in [0.29, 0.717) is 0 Å². The molecule has 0 saturated carbocycles. The molecule has 3 rings (SSSR count). The lowest BCUT2D eigenvalue weighted by atomic mass is 10.2. The standard InChI is InChI=1S/C15H16N4O2/c1-10-12(5-6-13(20)21)15(18(2)17-10)19-9-7-11-4-3-8-16-14(11)19/h3-6,8H,7,9H2,1-2H3,(H,20,21)/b6-5+. The maximum absolute atomic E-state index is 10.8. The molecule has 108 valence electrons. The van der Waals surface area contributed by atoms with Crippen molar-refractivity contribution in [3.8, 4) is 0 Å². The summed E-state index contributed by atoms with van der Waals surface area (Å²) in [4.78, 5) is 17.3. The number of nitrogens with zero attached hydrogens (tertiary/aromatic N) is 4. The molecule has 0 aliphatic carbocycles. The summed E-state index contributed by atoms with van der Waals surface area (Å²) >= 11 is 0. The Labute approximate surface area is 122 Å². The first-order chi connectivity index (χ1) is 10.1. The number of aryl methyl sites for hydroxylation is 2. The fourth-order valence-electron chi connectivity index (χ4n) is 2.75. The van der Waals surface area contributed by atoms with E-state index < -0.39 is 5.97 Å². The Kier molecular flexibility index (Phi) is 3.21. The second-order valence-corrected chi connectivity index (χ2v) is 5.01. The molecule has 6 nitrogen and oxygen atoms in total. The van der Waals surface area contributed by atoms with E-state index in [2.05, 4.69) is 21.0 Å². The molecule has 1 aliphatic heterocycles. The Morgan fingerprint density at radius 3 is 3.05 bits per heavy atom. The van der Waals surface area contributed by atoms with Crippen LogP contribution in [0.3, 0.4) is 0 Å². The minimum atomic E-state index is -0.968. The van der Waals surface area contributed by atoms with Gasteiger partial charge in [-0.2, -0.15) is 5.10 Å². The highest BCUT2D eigenvalue weighted by Crippen LogP contribution is 2.35. The molecule has 2 aromatic heterocycles. The van der Waals surface area contributed by atoms with Crippen molar-refractivity contribution in [2.75, 3.05) is 11.4 Å². The van der Waals surface area contributed by atoms with Crippen LogP contribution in [0.1, 0.15) is 16.8 Å². The molecule has 1 N–H and O–H groups in total. The molecule has 0 spiro atoms. The predicted octanol–water partition coefficient (Wildman–Crippen LogP) is 1.92. The van der Waals surface area contributed by atoms with Crippen LogP contribution < -0.4 is 4.90 Å². The second-order valence-electron chi connectivity index (χ2n) is 5.01. The highest BCUT2D eigenvalue weighted by Gasteiger charge is 2.26. The minimum Gasteiger partial charge on any atom is -0.478 e. The van der Waals surface area contributed by atoms with E-state index in [1.807, 2.05) is 20.0 Å². The van der Waals surface area contributed by atoms with Crippen molar-refractivity contribution >= 4 is 23.7 Å². The SMILES string of the molecule is Cc1nn(C)c(N2CCc3cccnc32)c1/C=C/C(=O)O. The summed E-state index contributed by atoms with van der Waals surface area (Å²) in [5.74, 6) is 0.831. The molecule has 0 fully saturated rings. The molecular weight excluding hydrogens is 268 g/mol. The number of carboxylic acid groups (broad SMARTS) is 1. The minimum absolute atomic E-state index is 0.800. The van der Waals surface area contributed by atoms with Crippen molar-refractivity contribution in [2.45, 2.75) is 13.3 Å². The van der Waals surface area contributed by atoms with Crippen LogP contribution in [0, 0.1) is 6.92 Å². The molecule has 6 heteroatoms. The lowest BCUT2D eigenvalue weighted by Gasteiger charge is -2.19. The van der Waals surface area contributed by atoms with E-state index >= 15 is 0 Å². The molecular formula is C15H16N4O2. The van der Waals surface area contributed by atoms with Crippen molar-refractivity contribution in [1.82, 2.24) is 14.8 Å². The van der Waals surface area contributed by atoms with Gasteiger partial charge in [0.25, 0.3) is 0 Å². The zero-order valence-corrected chi connectivity index (χ0v) is 11.9. The largest absolute Gasteiger partial charge is 0.478 e. The van der Waals surface area contributed by atoms with Gasteiger partial charge in [0.1, 0.15) is 11.6 Å². The van der Waals surface area contributed by atoms with Gasteiger partial charge >= 0.3 is 5.97 Å². The van der Waals surface area contributed by atoms with Gasteiger partial charge in [0, 0.05) is 31.4 Å². The third-order valence-corrected chi connectivity index (χ3v) is 3.61. The van der Waals surface area contributed by atoms with Crippen molar-refractivity contribution in [3.63, 3.8) is 0 Å². The summed E-state index contributed by atoms with van der Waals surface area (Å²) in [7, 11) is 1.86. The molecule has 0 unspecified atom stereocenters. The molecule has 3 heterocycles. The smallest absolute Gasteiger partial charge is 0.328 e. The van der Waals surface area contributed by atoms with Crippen LogP contribution in [-0.2, 0) is 18.3 Å². The molecule has 0 atom stereocenters. The number of hydrogen-bond acceptors (Lipinski definition) is 4. The third kappa shape index (κ3) is 2.29. The van der Waals surface area contributed by atoms with Crippen molar-refractivity contribution in [3.05, 3.63) is 41.2 Å². The van der Waals surface area contributed by atoms with Gasteiger partial charge in [0.15, 0.2) is 0 Å². The summed E-state index contributed by atoms with van der Waals surface area (Å²) in [5.41, 5.74) is 2.82. The Morgan fingerprint density at radius 2 is 2.29 bits per heavy atom. The fourth-order valence-corrected chi connectivity index (χ4v) is 2.75. The Balaban J connectivity index is 2.09. The van der Waals surface area contributed by atoms with E-state index in [-0.39, 0.29) is 0 Å². The summed E-state index contributed by atoms with van der Waals surface area (Å²) in [6, 6.07) is 4.00. The first-order valence-electron chi connectivity index (χ1n) is 6.74. The average molecular weight is 284 g/mol. The molecule has 0 aromatic carbocycles. The van der Waals surface area contributed by atoms with Crippen LogP contribution in [0.5, 0.6) is 0 Å². The van der Waals surface area contributed by atoms with E-state index in [1.165, 1.54) is 5.56 Å². The average Bonchev–Trinajstić information content (AvgIpc) is 2.97. The van der Waals surface area contributed by atoms with Crippen LogP contribution in [0.15, 0.2) is 24.4 Å². The highest BCUT2D eigenvalue weighted by molar-refractivity contribution is 5.87. The normalized spacial score (nSPS) is 13.9. The monoisotopic (exact) mass is 284 g/mol. The zero-order chi connectivity index (χ0) is 15.0. The van der Waals surface area contributed by atoms with Crippen molar-refractivity contribution in [2.24, 2.45) is 7.05 Å². The second kappa shape index (κ2) is 5.05. The van der Waals surface area contributed by atoms with Gasteiger partial charge in [-0.3, -0.25) is 4.68 Å². The van der Waals surface area contributed by atoms with Crippen LogP contribution in [0.2, 0.25) is 0 Å². The summed E-state index contributed by atoms with van der Waals surface area (Å²) < 4.78 is 1.78. The zero-order valence-electron chi connectivity index (χ0n) is 11.9. The summed E-state index contributed by atoms with van der Waals surface area (Å²) in [6.45, 7) is 2.69. The number of hydrogen-bond donors (Lipinski definition) is 1. The van der Waals surface area contributed by atoms with E-state index in [4.69, 9.17) is 5.11 Å². The number of fused-ring (bicyclic) bond motifs is 1. The molecule has 0 amide bonds. The van der Waals surface area contributed by atoms with E-state index in [0.717, 1.165) is 41.9 Å². The molecule has 21 heavy (non-hydrogen) atoms. The first-order valence-corrected chi connectivity index (χ1v) is 6.74. The lowest BCUT2D eigenvalue weighted by molar-refractivity contribution is -0.131. The maximum Gasteiger partial charge on any atom is 0.328 e. The predicted molar refractivity (Wildman–Crippen MR) is 79.6 cm³/mol. The number of rotatable bonds is 3. The van der Waals surface area contributed by atoms with Crippen LogP contribution in [0.4, 0.5) is 11.6 Å². The molecule has 1 aliphatic rings. The van der Waals surface area contributed by atoms with Gasteiger partial charge in [-0.05, 0) is 31.1 Å². The van der Waals surface area contributed by atoms with Gasteiger partial charge in [0.2, 0.25) is 0 Å². The quantitative estimate of drug-likeness (QED) is 0.872. The number of pyridine rings is 1. The Morgan fingerprint density at radius 1 is 1.48 bits per heavy atom. The van der Waals surface area contributed by atoms with Gasteiger partial charge in [-0.15, -0.1) is 0 Å². The topological polar surface area (TPSA) is 71.2 Å². The Bertz CT molecular complexity index is 733. The van der Waals surface area contributed by atoms with Gasteiger partial charge in [-0.1, -0.05) is 6.07 Å². The van der Waals surface area contributed by atoms with Gasteiger partial charge in [0.05, 0.1) is 5.69 Å². The molecule has 2 aromatic rings. The maximum atomic E-state index is 10.8. The third-order valence-electron chi connectivity index (χ3n) is 3.61. The highest BCUT2D eigenvalue weighted by atomic mass is 16.4. The van der Waals surface area contributed by atoms with Crippen LogP contribution >= 0.6 is 0 Å². The molecule has 0 bridgehead atoms. The number of aromatic nitrogens is 3. The summed E-state index contributed by atoms with van der Waals surface area (Å²) in [5, 5.41) is 13.3. The molecule has 0 radical (unpaired) electrons. The van der Waals surface area contributed by atoms with Crippen molar-refractivity contribution in [1.29, 1.82) is 0 Å². The molecule has 0 saturated heterocycles. The number of carbonyl (C=O) groups is 1. The van der Waals surface area contributed by atoms with E-state index in [1.54, 1.807) is 17.0 Å². The van der Waals surface area contributed by atoms with Crippen molar-refractivity contribution < 1.29 is 9.90 Å². The fraction of sp³-hybridized carbons (Fsp3) is 0.267. The number of aliphatic carboxylic acids is 1. The summed E-state index contributed by atoms with van der Waals surface area (Å²) in [6.07, 6.45) is 5.44. The number of anilines is 2. The number of carboxylic acids is 1. The van der Waals surface area contributed by atoms with Crippen LogP contribution in [0.25, 0.3) is 6.08 Å². The first kappa shape index (κ1) is 13.4. The van der Waals surface area contributed by atoms with Gasteiger partial charge < -0.3 is 10.0 Å². The van der Waals surface area contributed by atoms with Gasteiger partial charge in [-0.25, -0.2) is 9.78 Å².